The Kier molecular flexibility index (Phi) is 21.3. The van der Waals surface area contributed by atoms with Crippen LogP contribution < -0.4 is 18.5 Å². The van der Waals surface area contributed by atoms with E-state index in [4.69, 9.17) is 18.5 Å². The van der Waals surface area contributed by atoms with Crippen LogP contribution in [0.3, 0.4) is 0 Å². The lowest BCUT2D eigenvalue weighted by Crippen LogP contribution is -2.32. The Labute approximate surface area is 332 Å². The van der Waals surface area contributed by atoms with E-state index in [0.717, 1.165) is 74.1 Å². The van der Waals surface area contributed by atoms with E-state index in [9.17, 15) is 9.59 Å². The molecular weight excluding hydrogens is 714 g/mol. The van der Waals surface area contributed by atoms with Crippen molar-refractivity contribution in [2.75, 3.05) is 40.4 Å². The number of nitrogens with zero attached hydrogens (tertiary/aromatic N) is 2. The van der Waals surface area contributed by atoms with Gasteiger partial charge in [-0.1, -0.05) is 83.1 Å². The van der Waals surface area contributed by atoms with Crippen LogP contribution in [-0.2, 0) is 22.4 Å². The smallest absolute Gasteiger partial charge is 0.222 e. The van der Waals surface area contributed by atoms with Crippen LogP contribution in [0.25, 0.3) is 11.1 Å². The van der Waals surface area contributed by atoms with Crippen LogP contribution in [-0.4, -0.2) is 84.6 Å². The summed E-state index contributed by atoms with van der Waals surface area (Å²) >= 11 is 0. The van der Waals surface area contributed by atoms with Gasteiger partial charge in [0.05, 0.1) is 30.5 Å². The Hall–Kier alpha value is -2.56. The van der Waals surface area contributed by atoms with Crippen molar-refractivity contribution in [1.29, 1.82) is 0 Å². The molecule has 0 saturated carbocycles. The van der Waals surface area contributed by atoms with Gasteiger partial charge in [0, 0.05) is 72.8 Å². The fourth-order valence-electron chi connectivity index (χ4n) is 6.94. The Morgan fingerprint density at radius 3 is 1.07 bits per heavy atom. The molecule has 2 aromatic carbocycles. The number of hydrogen-bond donors (Lipinski definition) is 0. The second-order valence-electron chi connectivity index (χ2n) is 15.4. The molecule has 0 saturated heterocycles. The fourth-order valence-corrected chi connectivity index (χ4v) is 11.0. The maximum absolute atomic E-state index is 13.5. The molecule has 54 heavy (non-hydrogen) atoms. The van der Waals surface area contributed by atoms with Gasteiger partial charge < -0.3 is 28.3 Å². The Bertz CT molecular complexity index is 1310. The molecule has 0 N–H and O–H groups in total. The minimum absolute atomic E-state index is 0.166. The van der Waals surface area contributed by atoms with Crippen LogP contribution >= 0.6 is 16.3 Å². The first-order chi connectivity index (χ1) is 25.7. The zero-order valence-corrected chi connectivity index (χ0v) is 38.1. The number of amides is 2. The van der Waals surface area contributed by atoms with E-state index in [-0.39, 0.29) is 11.8 Å². The molecule has 2 rings (SSSR count). The Balaban J connectivity index is 2.94. The predicted octanol–water partition coefficient (Wildman–Crippen LogP) is 11.7. The normalized spacial score (nSPS) is 11.7. The minimum Gasteiger partial charge on any atom is -0.493 e. The summed E-state index contributed by atoms with van der Waals surface area (Å²) in [7, 11) is 1.61. The van der Waals surface area contributed by atoms with Crippen molar-refractivity contribution >= 4 is 28.1 Å². The molecule has 0 unspecified atom stereocenters. The lowest BCUT2D eigenvalue weighted by atomic mass is 9.95. The van der Waals surface area contributed by atoms with E-state index in [2.05, 4.69) is 95.2 Å². The maximum Gasteiger partial charge on any atom is 0.222 e. The van der Waals surface area contributed by atoms with Crippen LogP contribution in [0.5, 0.6) is 23.0 Å². The van der Waals surface area contributed by atoms with Crippen molar-refractivity contribution < 1.29 is 28.1 Å². The van der Waals surface area contributed by atoms with Crippen LogP contribution in [0.2, 0.25) is 0 Å². The van der Waals surface area contributed by atoms with Crippen LogP contribution in [0.4, 0.5) is 0 Å². The standard InChI is InChI=1S/C44H74N2O6P2/c1-15-23-45(24-16-2)41(47)21-19-35-27-37(43(39(29-35)49-13)51-53(31(5)6)32(7)8)38-28-36(20-22-42(48)46(25-17-3)26-18-4)30-40(50-14)44(38)52-54(33(9)10)34(11)12/h27-34H,15-26H2,1-14H3. The van der Waals surface area contributed by atoms with Gasteiger partial charge in [0.15, 0.2) is 23.0 Å². The highest BCUT2D eigenvalue weighted by Gasteiger charge is 2.30. The molecule has 0 heterocycles. The molecule has 0 spiro atoms. The van der Waals surface area contributed by atoms with Crippen molar-refractivity contribution in [3.05, 3.63) is 35.4 Å². The molecule has 0 radical (unpaired) electrons. The number of carbonyl (C=O) groups is 2. The lowest BCUT2D eigenvalue weighted by Gasteiger charge is -2.30. The Morgan fingerprint density at radius 1 is 0.537 bits per heavy atom. The van der Waals surface area contributed by atoms with E-state index in [1.165, 1.54) is 0 Å². The van der Waals surface area contributed by atoms with Gasteiger partial charge in [-0.05, 0) is 73.9 Å². The van der Waals surface area contributed by atoms with Crippen molar-refractivity contribution in [2.24, 2.45) is 0 Å². The first-order valence-corrected chi connectivity index (χ1v) is 23.4. The summed E-state index contributed by atoms with van der Waals surface area (Å²) in [6.45, 7) is 29.2. The average Bonchev–Trinajstić information content (AvgIpc) is 3.12. The van der Waals surface area contributed by atoms with Crippen molar-refractivity contribution in [3.8, 4) is 34.1 Å². The Morgan fingerprint density at radius 2 is 0.833 bits per heavy atom. The highest BCUT2D eigenvalue weighted by atomic mass is 31.1. The molecule has 0 aliphatic carbocycles. The lowest BCUT2D eigenvalue weighted by molar-refractivity contribution is -0.132. The van der Waals surface area contributed by atoms with Crippen LogP contribution in [0, 0.1) is 0 Å². The zero-order chi connectivity index (χ0) is 40.5. The zero-order valence-electron chi connectivity index (χ0n) is 36.3. The largest absolute Gasteiger partial charge is 0.493 e. The van der Waals surface area contributed by atoms with Gasteiger partial charge in [-0.2, -0.15) is 0 Å². The third kappa shape index (κ3) is 13.9. The molecule has 0 aliphatic heterocycles. The molecule has 0 aromatic heterocycles. The third-order valence-corrected chi connectivity index (χ3v) is 14.2. The number of aryl methyl sites for hydroxylation is 2. The van der Waals surface area contributed by atoms with E-state index >= 15 is 0 Å². The number of benzene rings is 2. The SMILES string of the molecule is CCCN(CCC)C(=O)CCc1cc(OC)c(OP(C(C)C)C(C)C)c(-c2cc(CCC(=O)N(CCC)CCC)cc(OC)c2OP(C(C)C)C(C)C)c1. The van der Waals surface area contributed by atoms with Gasteiger partial charge in [-0.25, -0.2) is 0 Å². The monoisotopic (exact) mass is 789 g/mol. The van der Waals surface area contributed by atoms with E-state index in [1.54, 1.807) is 14.2 Å². The number of rotatable bonds is 25. The van der Waals surface area contributed by atoms with E-state index < -0.39 is 16.3 Å². The number of ether oxygens (including phenoxy) is 2. The predicted molar refractivity (Wildman–Crippen MR) is 232 cm³/mol. The van der Waals surface area contributed by atoms with Crippen LogP contribution in [0.15, 0.2) is 24.3 Å². The van der Waals surface area contributed by atoms with Gasteiger partial charge in [-0.15, -0.1) is 0 Å². The first kappa shape index (κ1) is 47.6. The van der Waals surface area contributed by atoms with Gasteiger partial charge in [-0.3, -0.25) is 9.59 Å². The van der Waals surface area contributed by atoms with Gasteiger partial charge >= 0.3 is 0 Å². The molecule has 0 aliphatic rings. The molecular formula is C44H74N2O6P2. The number of methoxy groups -OCH3 is 2. The highest BCUT2D eigenvalue weighted by Crippen LogP contribution is 2.57. The number of carbonyl (C=O) groups excluding carboxylic acids is 2. The molecule has 8 nitrogen and oxygen atoms in total. The van der Waals surface area contributed by atoms with E-state index in [1.807, 2.05) is 21.9 Å². The summed E-state index contributed by atoms with van der Waals surface area (Å²) in [6.07, 6.45) is 5.66. The van der Waals surface area contributed by atoms with Crippen LogP contribution in [0.1, 0.15) is 133 Å². The molecule has 2 aromatic rings. The summed E-state index contributed by atoms with van der Waals surface area (Å²) in [5, 5.41) is 0. The maximum atomic E-state index is 13.5. The van der Waals surface area contributed by atoms with Gasteiger partial charge in [0.2, 0.25) is 11.8 Å². The molecule has 0 bridgehead atoms. The molecule has 10 heteroatoms. The minimum atomic E-state index is -0.884. The van der Waals surface area contributed by atoms with E-state index in [0.29, 0.717) is 71.3 Å². The highest BCUT2D eigenvalue weighted by molar-refractivity contribution is 7.54. The second kappa shape index (κ2) is 24.2. The topological polar surface area (TPSA) is 77.5 Å². The molecule has 306 valence electrons. The number of hydrogen-bond acceptors (Lipinski definition) is 6. The summed E-state index contributed by atoms with van der Waals surface area (Å²) in [6, 6.07) is 8.40. The second-order valence-corrected chi connectivity index (χ2v) is 21.3. The summed E-state index contributed by atoms with van der Waals surface area (Å²) < 4.78 is 26.5. The average molecular weight is 789 g/mol. The van der Waals surface area contributed by atoms with Crippen molar-refractivity contribution in [1.82, 2.24) is 9.80 Å². The summed E-state index contributed by atoms with van der Waals surface area (Å²) in [5.41, 5.74) is 4.93. The van der Waals surface area contributed by atoms with Crippen molar-refractivity contribution in [3.63, 3.8) is 0 Å². The van der Waals surface area contributed by atoms with Gasteiger partial charge in [0.25, 0.3) is 0 Å². The van der Waals surface area contributed by atoms with Crippen molar-refractivity contribution in [2.45, 2.75) is 157 Å². The molecule has 0 atom stereocenters. The third-order valence-electron chi connectivity index (χ3n) is 9.32. The first-order valence-electron chi connectivity index (χ1n) is 20.6. The van der Waals surface area contributed by atoms with Gasteiger partial charge in [0.1, 0.15) is 0 Å². The quantitative estimate of drug-likeness (QED) is 0.0933. The molecule has 2 amide bonds. The summed E-state index contributed by atoms with van der Waals surface area (Å²) in [4.78, 5) is 30.9. The summed E-state index contributed by atoms with van der Waals surface area (Å²) in [5.74, 6) is 2.96. The molecule has 0 fully saturated rings. The fraction of sp³-hybridized carbons (Fsp3) is 0.682.